The molecule has 128 valence electrons. The third-order valence-electron chi connectivity index (χ3n) is 3.03. The van der Waals surface area contributed by atoms with Crippen LogP contribution in [0.25, 0.3) is 0 Å². The molecular weight excluding hydrogens is 335 g/mol. The molecule has 0 fully saturated rings. The zero-order valence-corrected chi connectivity index (χ0v) is 13.0. The number of carbonyl (C=O) groups is 1. The second kappa shape index (κ2) is 7.49. The molecule has 0 unspecified atom stereocenters. The van der Waals surface area contributed by atoms with Gasteiger partial charge in [0.05, 0.1) is 11.3 Å². The van der Waals surface area contributed by atoms with Crippen molar-refractivity contribution in [3.05, 3.63) is 59.7 Å². The number of hydrogen-bond donors (Lipinski definition) is 1. The highest BCUT2D eigenvalue weighted by molar-refractivity contribution is 6.51. The summed E-state index contributed by atoms with van der Waals surface area (Å²) in [6.07, 6.45) is -4.96. The van der Waals surface area contributed by atoms with Crippen molar-refractivity contribution in [1.29, 1.82) is 5.26 Å². The van der Waals surface area contributed by atoms with Crippen LogP contribution < -0.4 is 10.2 Å². The molecule has 0 aliphatic heterocycles. The zero-order chi connectivity index (χ0) is 18.4. The molecule has 0 saturated carbocycles. The van der Waals surface area contributed by atoms with Gasteiger partial charge >= 0.3 is 6.36 Å². The van der Waals surface area contributed by atoms with E-state index in [2.05, 4.69) is 15.3 Å². The molecule has 0 bridgehead atoms. The maximum absolute atomic E-state index is 12.4. The number of Topliss-reactive ketones (excluding diaryl/α,β-unsaturated/α-hetero) is 1. The molecule has 0 saturated heterocycles. The number of aryl methyl sites for hydroxylation is 1. The van der Waals surface area contributed by atoms with Crippen molar-refractivity contribution < 1.29 is 22.7 Å². The van der Waals surface area contributed by atoms with Crippen LogP contribution in [0.15, 0.2) is 53.6 Å². The lowest BCUT2D eigenvalue weighted by atomic mass is 10.1. The lowest BCUT2D eigenvalue weighted by Crippen LogP contribution is -2.21. The van der Waals surface area contributed by atoms with Crippen LogP contribution in [0.3, 0.4) is 0 Å². The number of para-hydroxylation sites is 1. The summed E-state index contributed by atoms with van der Waals surface area (Å²) >= 11 is 0. The Kier molecular flexibility index (Phi) is 5.39. The number of benzene rings is 2. The average molecular weight is 347 g/mol. The Hall–Kier alpha value is -3.34. The van der Waals surface area contributed by atoms with Crippen LogP contribution in [0, 0.1) is 18.3 Å². The highest BCUT2D eigenvalue weighted by Gasteiger charge is 2.33. The number of hydrazone groups is 1. The standard InChI is InChI=1S/C17H12F3N3O2/c1-11-6-8-12(9-7-11)22-23-14(10-21)16(24)13-4-2-3-5-15(13)25-17(18,19)20/h2-9,22H,1H3. The van der Waals surface area contributed by atoms with E-state index in [0.29, 0.717) is 5.69 Å². The van der Waals surface area contributed by atoms with E-state index in [-0.39, 0.29) is 0 Å². The lowest BCUT2D eigenvalue weighted by Gasteiger charge is -2.11. The molecule has 25 heavy (non-hydrogen) atoms. The normalized spacial score (nSPS) is 11.6. The van der Waals surface area contributed by atoms with E-state index in [0.717, 1.165) is 17.7 Å². The molecule has 1 N–H and O–H groups in total. The maximum atomic E-state index is 12.4. The molecule has 5 nitrogen and oxygen atoms in total. The number of anilines is 1. The summed E-state index contributed by atoms with van der Waals surface area (Å²) in [4.78, 5) is 12.3. The monoisotopic (exact) mass is 347 g/mol. The Morgan fingerprint density at radius 3 is 2.40 bits per heavy atom. The Labute approximate surface area is 141 Å². The number of nitriles is 1. The smallest absolute Gasteiger partial charge is 0.405 e. The van der Waals surface area contributed by atoms with Crippen molar-refractivity contribution in [3.63, 3.8) is 0 Å². The fourth-order valence-corrected chi connectivity index (χ4v) is 1.87. The first kappa shape index (κ1) is 18.0. The molecule has 0 aliphatic rings. The highest BCUT2D eigenvalue weighted by Crippen LogP contribution is 2.26. The topological polar surface area (TPSA) is 74.5 Å². The SMILES string of the molecule is Cc1ccc(NN=C(C#N)C(=O)c2ccccc2OC(F)(F)F)cc1. The number of ether oxygens (including phenoxy) is 1. The second-order valence-corrected chi connectivity index (χ2v) is 4.92. The molecule has 0 heterocycles. The quantitative estimate of drug-likeness (QED) is 0.503. The zero-order valence-electron chi connectivity index (χ0n) is 13.0. The van der Waals surface area contributed by atoms with Gasteiger partial charge in [0.25, 0.3) is 0 Å². The fraction of sp³-hybridized carbons (Fsp3) is 0.118. The van der Waals surface area contributed by atoms with Crippen LogP contribution >= 0.6 is 0 Å². The Morgan fingerprint density at radius 1 is 1.16 bits per heavy atom. The predicted octanol–water partition coefficient (Wildman–Crippen LogP) is 4.07. The van der Waals surface area contributed by atoms with Gasteiger partial charge in [-0.2, -0.15) is 10.4 Å². The van der Waals surface area contributed by atoms with E-state index in [1.54, 1.807) is 30.3 Å². The van der Waals surface area contributed by atoms with Crippen molar-refractivity contribution >= 4 is 17.2 Å². The molecule has 8 heteroatoms. The summed E-state index contributed by atoms with van der Waals surface area (Å²) in [6.45, 7) is 1.88. The van der Waals surface area contributed by atoms with Crippen molar-refractivity contribution in [3.8, 4) is 11.8 Å². The van der Waals surface area contributed by atoms with Gasteiger partial charge in [0, 0.05) is 0 Å². The van der Waals surface area contributed by atoms with Crippen molar-refractivity contribution in [2.45, 2.75) is 13.3 Å². The molecule has 0 spiro atoms. The summed E-state index contributed by atoms with van der Waals surface area (Å²) in [5, 5.41) is 12.8. The molecule has 0 aromatic heterocycles. The van der Waals surface area contributed by atoms with Gasteiger partial charge in [-0.15, -0.1) is 13.2 Å². The van der Waals surface area contributed by atoms with E-state index in [1.165, 1.54) is 12.1 Å². The van der Waals surface area contributed by atoms with E-state index in [1.807, 2.05) is 6.92 Å². The minimum Gasteiger partial charge on any atom is -0.405 e. The first-order valence-electron chi connectivity index (χ1n) is 7.00. The van der Waals surface area contributed by atoms with Crippen LogP contribution in [-0.4, -0.2) is 17.9 Å². The third kappa shape index (κ3) is 5.07. The number of rotatable bonds is 5. The van der Waals surface area contributed by atoms with Crippen molar-refractivity contribution in [2.75, 3.05) is 5.43 Å². The van der Waals surface area contributed by atoms with Gasteiger partial charge in [-0.25, -0.2) is 0 Å². The van der Waals surface area contributed by atoms with Gasteiger partial charge in [0.15, 0.2) is 0 Å². The van der Waals surface area contributed by atoms with Gasteiger partial charge in [-0.05, 0) is 31.2 Å². The van der Waals surface area contributed by atoms with Crippen LogP contribution in [0.5, 0.6) is 5.75 Å². The summed E-state index contributed by atoms with van der Waals surface area (Å²) < 4.78 is 41.1. The van der Waals surface area contributed by atoms with E-state index < -0.39 is 29.2 Å². The molecule has 2 aromatic rings. The number of halogens is 3. The average Bonchev–Trinajstić information content (AvgIpc) is 2.56. The van der Waals surface area contributed by atoms with Gasteiger partial charge in [-0.1, -0.05) is 29.8 Å². The Morgan fingerprint density at radius 2 is 1.80 bits per heavy atom. The van der Waals surface area contributed by atoms with E-state index in [9.17, 15) is 18.0 Å². The summed E-state index contributed by atoms with van der Waals surface area (Å²) in [5.41, 5.74) is 3.04. The van der Waals surface area contributed by atoms with Crippen LogP contribution in [0.4, 0.5) is 18.9 Å². The number of carbonyl (C=O) groups excluding carboxylic acids is 1. The molecule has 0 atom stereocenters. The van der Waals surface area contributed by atoms with Crippen LogP contribution in [0.2, 0.25) is 0 Å². The molecular formula is C17H12F3N3O2. The summed E-state index contributed by atoms with van der Waals surface area (Å²) in [7, 11) is 0. The molecule has 0 aliphatic carbocycles. The minimum absolute atomic E-state index is 0.411. The Balaban J connectivity index is 2.27. The first-order chi connectivity index (χ1) is 11.8. The van der Waals surface area contributed by atoms with Crippen molar-refractivity contribution in [1.82, 2.24) is 0 Å². The third-order valence-corrected chi connectivity index (χ3v) is 3.03. The molecule has 2 aromatic carbocycles. The number of nitrogens with one attached hydrogen (secondary N) is 1. The largest absolute Gasteiger partial charge is 0.573 e. The minimum atomic E-state index is -4.96. The highest BCUT2D eigenvalue weighted by atomic mass is 19.4. The van der Waals surface area contributed by atoms with Gasteiger partial charge in [0.2, 0.25) is 11.5 Å². The first-order valence-corrected chi connectivity index (χ1v) is 7.00. The number of alkyl halides is 3. The van der Waals surface area contributed by atoms with E-state index >= 15 is 0 Å². The molecule has 0 amide bonds. The van der Waals surface area contributed by atoms with Gasteiger partial charge in [-0.3, -0.25) is 10.2 Å². The second-order valence-electron chi connectivity index (χ2n) is 4.92. The number of nitrogens with zero attached hydrogens (tertiary/aromatic N) is 2. The van der Waals surface area contributed by atoms with Gasteiger partial charge < -0.3 is 4.74 Å². The van der Waals surface area contributed by atoms with Crippen LogP contribution in [0.1, 0.15) is 15.9 Å². The lowest BCUT2D eigenvalue weighted by molar-refractivity contribution is -0.274. The van der Waals surface area contributed by atoms with E-state index in [4.69, 9.17) is 5.26 Å². The van der Waals surface area contributed by atoms with Crippen molar-refractivity contribution in [2.24, 2.45) is 5.10 Å². The summed E-state index contributed by atoms with van der Waals surface area (Å²) in [5.74, 6) is -1.68. The molecule has 0 radical (unpaired) electrons. The number of ketones is 1. The fourth-order valence-electron chi connectivity index (χ4n) is 1.87. The maximum Gasteiger partial charge on any atom is 0.573 e. The molecule has 2 rings (SSSR count). The van der Waals surface area contributed by atoms with Gasteiger partial charge in [0.1, 0.15) is 11.8 Å². The predicted molar refractivity (Wildman–Crippen MR) is 85.3 cm³/mol. The van der Waals surface area contributed by atoms with Crippen LogP contribution in [-0.2, 0) is 0 Å². The number of hydrogen-bond acceptors (Lipinski definition) is 5. The Bertz CT molecular complexity index is 837. The summed E-state index contributed by atoms with van der Waals surface area (Å²) in [6, 6.07) is 13.3.